The molecular formula is C20H33NO4. The van der Waals surface area contributed by atoms with Crippen molar-refractivity contribution in [3.8, 4) is 0 Å². The maximum Gasteiger partial charge on any atom is 0.309 e. The van der Waals surface area contributed by atoms with Crippen LogP contribution in [0.4, 0.5) is 0 Å². The van der Waals surface area contributed by atoms with Crippen molar-refractivity contribution in [3.05, 3.63) is 4.91 Å². The molecule has 0 bridgehead atoms. The monoisotopic (exact) mass is 351 g/mol. The van der Waals surface area contributed by atoms with E-state index in [4.69, 9.17) is 5.11 Å². The first-order valence-corrected chi connectivity index (χ1v) is 10.1. The third kappa shape index (κ3) is 5.89. The van der Waals surface area contributed by atoms with Gasteiger partial charge in [0.25, 0.3) is 5.91 Å². The van der Waals surface area contributed by atoms with Crippen LogP contribution < -0.4 is 0 Å². The molecule has 1 unspecified atom stereocenters. The fraction of sp³-hybridized carbons (Fsp3) is 0.900. The molecule has 0 aliphatic heterocycles. The summed E-state index contributed by atoms with van der Waals surface area (Å²) in [4.78, 5) is 32.9. The van der Waals surface area contributed by atoms with Crippen LogP contribution in [0.3, 0.4) is 0 Å². The van der Waals surface area contributed by atoms with E-state index in [0.29, 0.717) is 5.92 Å². The minimum absolute atomic E-state index is 0.356. The van der Waals surface area contributed by atoms with Gasteiger partial charge in [-0.15, -0.1) is 4.91 Å². The first kappa shape index (κ1) is 20.1. The van der Waals surface area contributed by atoms with Crippen molar-refractivity contribution < 1.29 is 14.7 Å². The summed E-state index contributed by atoms with van der Waals surface area (Å²) in [6, 6.07) is 0. The molecule has 2 saturated carbocycles. The smallest absolute Gasteiger partial charge is 0.309 e. The summed E-state index contributed by atoms with van der Waals surface area (Å²) in [7, 11) is 0. The van der Waals surface area contributed by atoms with E-state index in [9.17, 15) is 14.5 Å². The van der Waals surface area contributed by atoms with Gasteiger partial charge in [0.05, 0.1) is 10.8 Å². The second-order valence-electron chi connectivity index (χ2n) is 8.57. The Kier molecular flexibility index (Phi) is 7.14. The van der Waals surface area contributed by atoms with Crippen molar-refractivity contribution in [1.82, 2.24) is 0 Å². The van der Waals surface area contributed by atoms with Gasteiger partial charge in [0, 0.05) is 5.18 Å². The number of hydrogen-bond acceptors (Lipinski definition) is 3. The molecule has 0 spiro atoms. The average molecular weight is 351 g/mol. The predicted octanol–water partition coefficient (Wildman–Crippen LogP) is 5.46. The number of amides is 1. The fourth-order valence-electron chi connectivity index (χ4n) is 3.95. The molecule has 1 N–H and O–H groups in total. The van der Waals surface area contributed by atoms with Crippen LogP contribution in [0, 0.1) is 21.7 Å². The van der Waals surface area contributed by atoms with Crippen LogP contribution in [0.25, 0.3) is 0 Å². The summed E-state index contributed by atoms with van der Waals surface area (Å²) in [5.74, 6) is -0.321. The van der Waals surface area contributed by atoms with Crippen LogP contribution in [-0.2, 0) is 9.59 Å². The molecule has 0 radical (unpaired) electrons. The SMILES string of the molecule is CC(CCCCCC1(C(=O)O)CC1)CCCCCC1(C(=O)N=O)CC1. The lowest BCUT2D eigenvalue weighted by molar-refractivity contribution is -0.143. The van der Waals surface area contributed by atoms with Gasteiger partial charge in [0.15, 0.2) is 0 Å². The van der Waals surface area contributed by atoms with Gasteiger partial charge in [0.2, 0.25) is 0 Å². The van der Waals surface area contributed by atoms with E-state index in [1.165, 1.54) is 25.7 Å². The number of carboxylic acids is 1. The number of carbonyl (C=O) groups excluding carboxylic acids is 1. The number of carbonyl (C=O) groups is 2. The minimum Gasteiger partial charge on any atom is -0.481 e. The molecule has 0 heterocycles. The number of carboxylic acid groups (broad SMARTS) is 1. The molecule has 2 aliphatic carbocycles. The maximum atomic E-state index is 11.4. The molecule has 0 aromatic heterocycles. The van der Waals surface area contributed by atoms with Crippen molar-refractivity contribution in [2.75, 3.05) is 0 Å². The first-order chi connectivity index (χ1) is 11.9. The van der Waals surface area contributed by atoms with Gasteiger partial charge < -0.3 is 5.11 Å². The molecule has 1 amide bonds. The van der Waals surface area contributed by atoms with Gasteiger partial charge in [-0.2, -0.15) is 0 Å². The van der Waals surface area contributed by atoms with E-state index in [0.717, 1.165) is 64.2 Å². The Hall–Kier alpha value is -1.26. The van der Waals surface area contributed by atoms with Gasteiger partial charge in [-0.3, -0.25) is 9.59 Å². The Bertz CT molecular complexity index is 480. The Morgan fingerprint density at radius 3 is 1.76 bits per heavy atom. The predicted molar refractivity (Wildman–Crippen MR) is 97.1 cm³/mol. The largest absolute Gasteiger partial charge is 0.481 e. The second-order valence-corrected chi connectivity index (χ2v) is 8.57. The maximum absolute atomic E-state index is 11.4. The molecule has 2 rings (SSSR count). The molecule has 25 heavy (non-hydrogen) atoms. The van der Waals surface area contributed by atoms with E-state index in [1.54, 1.807) is 0 Å². The highest BCUT2D eigenvalue weighted by Crippen LogP contribution is 2.51. The molecule has 0 aromatic rings. The van der Waals surface area contributed by atoms with Gasteiger partial charge in [0.1, 0.15) is 0 Å². The van der Waals surface area contributed by atoms with Gasteiger partial charge in [-0.25, -0.2) is 0 Å². The van der Waals surface area contributed by atoms with E-state index in [-0.39, 0.29) is 10.8 Å². The van der Waals surface area contributed by atoms with Gasteiger partial charge >= 0.3 is 5.97 Å². The average Bonchev–Trinajstić information content (AvgIpc) is 3.49. The van der Waals surface area contributed by atoms with Crippen LogP contribution in [0.15, 0.2) is 5.18 Å². The van der Waals surface area contributed by atoms with Crippen molar-refractivity contribution >= 4 is 11.9 Å². The highest BCUT2D eigenvalue weighted by atomic mass is 16.4. The summed E-state index contributed by atoms with van der Waals surface area (Å²) in [5.41, 5.74) is -0.729. The summed E-state index contributed by atoms with van der Waals surface area (Å²) in [5, 5.41) is 11.8. The summed E-state index contributed by atoms with van der Waals surface area (Å²) in [6.07, 6.45) is 14.2. The molecule has 2 fully saturated rings. The molecule has 0 saturated heterocycles. The normalized spacial score (nSPS) is 20.7. The fourth-order valence-corrected chi connectivity index (χ4v) is 3.95. The van der Waals surface area contributed by atoms with Crippen molar-refractivity contribution in [2.45, 2.75) is 96.8 Å². The van der Waals surface area contributed by atoms with Crippen molar-refractivity contribution in [2.24, 2.45) is 21.9 Å². The van der Waals surface area contributed by atoms with Gasteiger partial charge in [-0.1, -0.05) is 58.3 Å². The lowest BCUT2D eigenvalue weighted by Crippen LogP contribution is -2.14. The van der Waals surface area contributed by atoms with Crippen LogP contribution in [0.5, 0.6) is 0 Å². The molecule has 2 aliphatic rings. The van der Waals surface area contributed by atoms with E-state index < -0.39 is 11.9 Å². The summed E-state index contributed by atoms with van der Waals surface area (Å²) >= 11 is 0. The number of nitroso groups, excluding NO2 is 1. The third-order valence-electron chi connectivity index (χ3n) is 6.40. The van der Waals surface area contributed by atoms with Crippen molar-refractivity contribution in [3.63, 3.8) is 0 Å². The Labute approximate surface area is 150 Å². The highest BCUT2D eigenvalue weighted by Gasteiger charge is 2.50. The molecule has 5 nitrogen and oxygen atoms in total. The lowest BCUT2D eigenvalue weighted by atomic mass is 9.93. The van der Waals surface area contributed by atoms with E-state index in [1.807, 2.05) is 0 Å². The molecule has 0 aromatic carbocycles. The Balaban J connectivity index is 1.42. The molecule has 142 valence electrons. The van der Waals surface area contributed by atoms with Crippen LogP contribution >= 0.6 is 0 Å². The van der Waals surface area contributed by atoms with Gasteiger partial charge in [-0.05, 0) is 44.4 Å². The quantitative estimate of drug-likeness (QED) is 0.332. The topological polar surface area (TPSA) is 83.8 Å². The van der Waals surface area contributed by atoms with Crippen LogP contribution in [0.1, 0.15) is 96.8 Å². The zero-order chi connectivity index (χ0) is 18.3. The number of rotatable bonds is 14. The molecular weight excluding hydrogens is 318 g/mol. The number of hydrogen-bond donors (Lipinski definition) is 1. The number of nitrogens with zero attached hydrogens (tertiary/aromatic N) is 1. The summed E-state index contributed by atoms with van der Waals surface area (Å²) < 4.78 is 0. The second kappa shape index (κ2) is 8.91. The zero-order valence-corrected chi connectivity index (χ0v) is 15.6. The van der Waals surface area contributed by atoms with Crippen LogP contribution in [0.2, 0.25) is 0 Å². The van der Waals surface area contributed by atoms with Crippen LogP contribution in [-0.4, -0.2) is 17.0 Å². The Morgan fingerprint density at radius 1 is 0.880 bits per heavy atom. The Morgan fingerprint density at radius 2 is 1.36 bits per heavy atom. The molecule has 5 heteroatoms. The first-order valence-electron chi connectivity index (χ1n) is 10.1. The van der Waals surface area contributed by atoms with E-state index in [2.05, 4.69) is 12.1 Å². The minimum atomic E-state index is -0.598. The van der Waals surface area contributed by atoms with Crippen molar-refractivity contribution in [1.29, 1.82) is 0 Å². The van der Waals surface area contributed by atoms with E-state index >= 15 is 0 Å². The molecule has 1 atom stereocenters. The standard InChI is InChI=1S/C20H33NO4/c1-16(9-5-3-7-11-20(14-15-20)18(23)24)8-4-2-6-10-19(12-13-19)17(22)21-25/h16H,2-15H2,1H3,(H,23,24). The third-order valence-corrected chi connectivity index (χ3v) is 6.40. The number of aliphatic carboxylic acids is 1. The lowest BCUT2D eigenvalue weighted by Gasteiger charge is -2.13. The number of unbranched alkanes of at least 4 members (excludes halogenated alkanes) is 4. The zero-order valence-electron chi connectivity index (χ0n) is 15.6. The summed E-state index contributed by atoms with van der Waals surface area (Å²) in [6.45, 7) is 2.29. The highest BCUT2D eigenvalue weighted by molar-refractivity contribution is 5.85.